The molecule has 0 bridgehead atoms. The van der Waals surface area contributed by atoms with Gasteiger partial charge in [0, 0.05) is 52.9 Å². The monoisotopic (exact) mass is 405 g/mol. The number of ether oxygens (including phenoxy) is 1. The van der Waals surface area contributed by atoms with E-state index in [1.807, 2.05) is 52.0 Å². The molecule has 0 fully saturated rings. The van der Waals surface area contributed by atoms with Gasteiger partial charge in [-0.2, -0.15) is 0 Å². The minimum absolute atomic E-state index is 0.0209. The zero-order valence-corrected chi connectivity index (χ0v) is 18.7. The minimum Gasteiger partial charge on any atom is -0.444 e. The number of nitrogens with zero attached hydrogens (tertiary/aromatic N) is 3. The maximum atomic E-state index is 12.2. The Morgan fingerprint density at radius 1 is 1.10 bits per heavy atom. The first-order valence-electron chi connectivity index (χ1n) is 9.80. The number of likely N-dealkylation sites (N-methyl/N-ethyl adjacent to an activating group) is 1. The second-order valence-electron chi connectivity index (χ2n) is 7.81. The molecule has 1 aromatic carbocycles. The minimum atomic E-state index is -0.512. The molecule has 2 N–H and O–H groups in total. The summed E-state index contributed by atoms with van der Waals surface area (Å²) in [5.74, 6) is 0.617. The second kappa shape index (κ2) is 11.3. The molecule has 29 heavy (non-hydrogen) atoms. The van der Waals surface area contributed by atoms with Gasteiger partial charge in [-0.25, -0.2) is 4.79 Å². The highest BCUT2D eigenvalue weighted by molar-refractivity contribution is 5.93. The zero-order valence-electron chi connectivity index (χ0n) is 18.7. The van der Waals surface area contributed by atoms with Crippen LogP contribution in [0.3, 0.4) is 0 Å². The number of hydrogen-bond donors (Lipinski definition) is 2. The Kier molecular flexibility index (Phi) is 9.44. The van der Waals surface area contributed by atoms with Crippen molar-refractivity contribution in [3.63, 3.8) is 0 Å². The third kappa shape index (κ3) is 8.85. The van der Waals surface area contributed by atoms with E-state index in [2.05, 4.69) is 15.6 Å². The second-order valence-corrected chi connectivity index (χ2v) is 7.81. The van der Waals surface area contributed by atoms with Crippen LogP contribution in [-0.4, -0.2) is 74.1 Å². The Hall–Kier alpha value is -2.77. The van der Waals surface area contributed by atoms with Gasteiger partial charge in [-0.3, -0.25) is 9.79 Å². The first-order valence-corrected chi connectivity index (χ1v) is 9.80. The maximum Gasteiger partial charge on any atom is 0.410 e. The number of carbonyl (C=O) groups is 2. The van der Waals surface area contributed by atoms with Gasteiger partial charge in [0.25, 0.3) is 5.91 Å². The van der Waals surface area contributed by atoms with Crippen molar-refractivity contribution in [1.82, 2.24) is 20.4 Å². The van der Waals surface area contributed by atoms with Gasteiger partial charge in [0.2, 0.25) is 0 Å². The van der Waals surface area contributed by atoms with E-state index in [1.165, 1.54) is 0 Å². The summed E-state index contributed by atoms with van der Waals surface area (Å²) in [5, 5.41) is 6.42. The molecular weight excluding hydrogens is 370 g/mol. The molecule has 0 atom stereocenters. The largest absolute Gasteiger partial charge is 0.444 e. The van der Waals surface area contributed by atoms with Crippen molar-refractivity contribution < 1.29 is 14.3 Å². The summed E-state index contributed by atoms with van der Waals surface area (Å²) >= 11 is 0. The fourth-order valence-electron chi connectivity index (χ4n) is 2.44. The van der Waals surface area contributed by atoms with Crippen LogP contribution in [0, 0.1) is 0 Å². The van der Waals surface area contributed by atoms with Crippen LogP contribution in [0.4, 0.5) is 4.79 Å². The smallest absolute Gasteiger partial charge is 0.410 e. The lowest BCUT2D eigenvalue weighted by molar-refractivity contribution is 0.0263. The first-order chi connectivity index (χ1) is 13.6. The van der Waals surface area contributed by atoms with Gasteiger partial charge in [0.15, 0.2) is 5.96 Å². The average molecular weight is 406 g/mol. The highest BCUT2D eigenvalue weighted by atomic mass is 16.6. The lowest BCUT2D eigenvalue weighted by Gasteiger charge is -2.26. The Balaban J connectivity index is 2.48. The van der Waals surface area contributed by atoms with E-state index in [1.54, 1.807) is 30.9 Å². The summed E-state index contributed by atoms with van der Waals surface area (Å²) in [4.78, 5) is 31.5. The molecule has 2 amide bonds. The fraction of sp³-hybridized carbons (Fsp3) is 0.571. The molecule has 0 aromatic heterocycles. The van der Waals surface area contributed by atoms with Crippen molar-refractivity contribution in [1.29, 1.82) is 0 Å². The molecular formula is C21H35N5O3. The maximum absolute atomic E-state index is 12.2. The summed E-state index contributed by atoms with van der Waals surface area (Å²) in [6, 6.07) is 7.46. The van der Waals surface area contributed by atoms with Crippen molar-refractivity contribution in [3.05, 3.63) is 35.4 Å². The molecule has 8 nitrogen and oxygen atoms in total. The normalized spacial score (nSPS) is 11.6. The number of benzene rings is 1. The van der Waals surface area contributed by atoms with Gasteiger partial charge in [-0.05, 0) is 45.4 Å². The molecule has 0 aliphatic rings. The fourth-order valence-corrected chi connectivity index (χ4v) is 2.44. The van der Waals surface area contributed by atoms with Crippen LogP contribution >= 0.6 is 0 Å². The van der Waals surface area contributed by atoms with Crippen LogP contribution in [0.25, 0.3) is 0 Å². The third-order valence-corrected chi connectivity index (χ3v) is 4.00. The topological polar surface area (TPSA) is 86.3 Å². The number of nitrogens with one attached hydrogen (secondary N) is 2. The molecule has 0 heterocycles. The third-order valence-electron chi connectivity index (χ3n) is 4.00. The Bertz CT molecular complexity index is 693. The molecule has 0 aliphatic carbocycles. The van der Waals surface area contributed by atoms with Gasteiger partial charge in [-0.15, -0.1) is 0 Å². The SMILES string of the molecule is CCN(CCNC(=NC)NCc1ccc(C(=O)N(C)C)cc1)C(=O)OC(C)(C)C. The van der Waals surface area contributed by atoms with Gasteiger partial charge >= 0.3 is 6.09 Å². The van der Waals surface area contributed by atoms with Crippen LogP contribution in [0.1, 0.15) is 43.6 Å². The predicted molar refractivity (Wildman–Crippen MR) is 116 cm³/mol. The van der Waals surface area contributed by atoms with Crippen LogP contribution in [0.15, 0.2) is 29.3 Å². The molecule has 1 aromatic rings. The number of amides is 2. The number of aliphatic imine (C=N–C) groups is 1. The molecule has 8 heteroatoms. The Labute approximate surface area is 174 Å². The van der Waals surface area contributed by atoms with E-state index in [0.29, 0.717) is 37.7 Å². The Morgan fingerprint density at radius 2 is 1.72 bits per heavy atom. The quantitative estimate of drug-likeness (QED) is 0.537. The molecule has 0 unspecified atom stereocenters. The summed E-state index contributed by atoms with van der Waals surface area (Å²) in [6.07, 6.45) is -0.322. The van der Waals surface area contributed by atoms with Crippen LogP contribution in [-0.2, 0) is 11.3 Å². The summed E-state index contributed by atoms with van der Waals surface area (Å²) in [7, 11) is 5.16. The molecule has 0 spiro atoms. The average Bonchev–Trinajstić information content (AvgIpc) is 2.65. The Morgan fingerprint density at radius 3 is 2.21 bits per heavy atom. The molecule has 0 saturated carbocycles. The van der Waals surface area contributed by atoms with Crippen molar-refractivity contribution in [3.8, 4) is 0 Å². The highest BCUT2D eigenvalue weighted by Gasteiger charge is 2.20. The molecule has 162 valence electrons. The van der Waals surface area contributed by atoms with Gasteiger partial charge in [0.05, 0.1) is 0 Å². The molecule has 0 radical (unpaired) electrons. The van der Waals surface area contributed by atoms with Crippen molar-refractivity contribution in [2.24, 2.45) is 4.99 Å². The van der Waals surface area contributed by atoms with Crippen LogP contribution in [0.5, 0.6) is 0 Å². The van der Waals surface area contributed by atoms with Crippen molar-refractivity contribution >= 4 is 18.0 Å². The number of carbonyl (C=O) groups excluding carboxylic acids is 2. The van der Waals surface area contributed by atoms with Crippen LogP contribution < -0.4 is 10.6 Å². The lowest BCUT2D eigenvalue weighted by Crippen LogP contribution is -2.44. The molecule has 0 saturated heterocycles. The van der Waals surface area contributed by atoms with Gasteiger partial charge in [-0.1, -0.05) is 12.1 Å². The summed E-state index contributed by atoms with van der Waals surface area (Å²) < 4.78 is 5.41. The van der Waals surface area contributed by atoms with Crippen LogP contribution in [0.2, 0.25) is 0 Å². The number of guanidine groups is 1. The van der Waals surface area contributed by atoms with E-state index in [0.717, 1.165) is 5.56 Å². The standard InChI is InChI=1S/C21H35N5O3/c1-8-26(20(28)29-21(2,3)4)14-13-23-19(22-5)24-15-16-9-11-17(12-10-16)18(27)25(6)7/h9-12H,8,13-15H2,1-7H3,(H2,22,23,24). The first kappa shape index (κ1) is 24.3. The number of rotatable bonds is 7. The van der Waals surface area contributed by atoms with E-state index in [-0.39, 0.29) is 12.0 Å². The number of hydrogen-bond acceptors (Lipinski definition) is 4. The van der Waals surface area contributed by atoms with E-state index in [4.69, 9.17) is 4.74 Å². The molecule has 1 rings (SSSR count). The van der Waals surface area contributed by atoms with Crippen molar-refractivity contribution in [2.75, 3.05) is 40.8 Å². The summed E-state index contributed by atoms with van der Waals surface area (Å²) in [5.41, 5.74) is 1.18. The van der Waals surface area contributed by atoms with Crippen molar-refractivity contribution in [2.45, 2.75) is 39.8 Å². The zero-order chi connectivity index (χ0) is 22.0. The van der Waals surface area contributed by atoms with E-state index >= 15 is 0 Å². The van der Waals surface area contributed by atoms with E-state index < -0.39 is 5.60 Å². The summed E-state index contributed by atoms with van der Waals surface area (Å²) in [6.45, 7) is 9.67. The predicted octanol–water partition coefficient (Wildman–Crippen LogP) is 2.31. The highest BCUT2D eigenvalue weighted by Crippen LogP contribution is 2.09. The van der Waals surface area contributed by atoms with E-state index in [9.17, 15) is 9.59 Å². The van der Waals surface area contributed by atoms with Gasteiger partial charge < -0.3 is 25.2 Å². The molecule has 0 aliphatic heterocycles. The van der Waals surface area contributed by atoms with Gasteiger partial charge in [0.1, 0.15) is 5.60 Å². The lowest BCUT2D eigenvalue weighted by atomic mass is 10.1.